The number of nitrogens with zero attached hydrogens (tertiary/aromatic N) is 2. The van der Waals surface area contributed by atoms with Crippen molar-refractivity contribution in [3.8, 4) is 0 Å². The fraction of sp³-hybridized carbons (Fsp3) is 1.00. The third kappa shape index (κ3) is 2.49. The molecule has 1 heterocycles. The fourth-order valence-corrected chi connectivity index (χ4v) is 1.39. The second kappa shape index (κ2) is 4.13. The van der Waals surface area contributed by atoms with Crippen LogP contribution >= 0.6 is 0 Å². The number of hydrazine groups is 1. The maximum Gasteiger partial charge on any atom is 0.248 e. The molecule has 0 aromatic carbocycles. The van der Waals surface area contributed by atoms with Gasteiger partial charge in [0, 0.05) is 33.2 Å². The first-order chi connectivity index (χ1) is 5.22. The van der Waals surface area contributed by atoms with E-state index in [1.165, 1.54) is 4.41 Å². The molecule has 6 heteroatoms. The van der Waals surface area contributed by atoms with Gasteiger partial charge in [-0.25, -0.2) is 9.22 Å². The topological polar surface area (TPSA) is 55.8 Å². The maximum atomic E-state index is 10.6. The summed E-state index contributed by atoms with van der Waals surface area (Å²) in [5.41, 5.74) is 0. The number of rotatable bonds is 2. The van der Waals surface area contributed by atoms with E-state index < -0.39 is 11.3 Å². The SMILES string of the molecule is CN(N1CCNCC1)S(=O)O. The van der Waals surface area contributed by atoms with Gasteiger partial charge in [0.2, 0.25) is 11.3 Å². The van der Waals surface area contributed by atoms with Crippen molar-refractivity contribution in [1.82, 2.24) is 14.7 Å². The Balaban J connectivity index is 2.38. The summed E-state index contributed by atoms with van der Waals surface area (Å²) < 4.78 is 20.6. The van der Waals surface area contributed by atoms with E-state index in [4.69, 9.17) is 4.55 Å². The van der Waals surface area contributed by atoms with Crippen molar-refractivity contribution in [2.75, 3.05) is 33.2 Å². The van der Waals surface area contributed by atoms with Crippen LogP contribution in [0.5, 0.6) is 0 Å². The van der Waals surface area contributed by atoms with Gasteiger partial charge in [-0.3, -0.25) is 4.55 Å². The summed E-state index contributed by atoms with van der Waals surface area (Å²) in [7, 11) is 1.61. The van der Waals surface area contributed by atoms with Gasteiger partial charge < -0.3 is 5.32 Å². The summed E-state index contributed by atoms with van der Waals surface area (Å²) in [6, 6.07) is 0. The van der Waals surface area contributed by atoms with Gasteiger partial charge >= 0.3 is 0 Å². The second-order valence-electron chi connectivity index (χ2n) is 2.40. The van der Waals surface area contributed by atoms with Crippen LogP contribution in [0.4, 0.5) is 0 Å². The molecule has 66 valence electrons. The number of nitrogens with one attached hydrogen (secondary N) is 1. The first-order valence-corrected chi connectivity index (χ1v) is 4.58. The van der Waals surface area contributed by atoms with Gasteiger partial charge in [-0.05, 0) is 0 Å². The molecule has 0 aromatic rings. The Morgan fingerprint density at radius 2 is 2.09 bits per heavy atom. The van der Waals surface area contributed by atoms with Gasteiger partial charge in [0.1, 0.15) is 0 Å². The van der Waals surface area contributed by atoms with Crippen molar-refractivity contribution in [2.45, 2.75) is 0 Å². The molecule has 1 aliphatic heterocycles. The van der Waals surface area contributed by atoms with Crippen molar-refractivity contribution >= 4 is 11.3 Å². The standard InChI is InChI=1S/C5H13N3O2S/c1-7(11(9)10)8-4-2-6-3-5-8/h6H,2-5H2,1H3,(H,9,10). The first-order valence-electron chi connectivity index (χ1n) is 3.52. The Morgan fingerprint density at radius 3 is 2.55 bits per heavy atom. The van der Waals surface area contributed by atoms with Gasteiger partial charge in [-0.15, -0.1) is 4.41 Å². The molecule has 1 rings (SSSR count). The van der Waals surface area contributed by atoms with Crippen LogP contribution in [0.25, 0.3) is 0 Å². The molecular formula is C5H13N3O2S. The van der Waals surface area contributed by atoms with E-state index >= 15 is 0 Å². The second-order valence-corrected chi connectivity index (χ2v) is 3.39. The van der Waals surface area contributed by atoms with Crippen molar-refractivity contribution < 1.29 is 8.76 Å². The molecule has 1 aliphatic rings. The Bertz CT molecular complexity index is 149. The highest BCUT2D eigenvalue weighted by Crippen LogP contribution is 1.98. The minimum absolute atomic E-state index is 0.794. The third-order valence-corrected chi connectivity index (χ3v) is 2.40. The van der Waals surface area contributed by atoms with Crippen LogP contribution in [0, 0.1) is 0 Å². The zero-order valence-corrected chi connectivity index (χ0v) is 7.30. The van der Waals surface area contributed by atoms with Crippen molar-refractivity contribution in [3.63, 3.8) is 0 Å². The van der Waals surface area contributed by atoms with E-state index in [-0.39, 0.29) is 0 Å². The summed E-state index contributed by atoms with van der Waals surface area (Å²) >= 11 is -1.88. The highest BCUT2D eigenvalue weighted by atomic mass is 32.2. The van der Waals surface area contributed by atoms with Gasteiger partial charge in [0.05, 0.1) is 0 Å². The number of piperazine rings is 1. The van der Waals surface area contributed by atoms with Gasteiger partial charge in [-0.2, -0.15) is 0 Å². The van der Waals surface area contributed by atoms with E-state index in [0.717, 1.165) is 26.2 Å². The number of hydrogen-bond donors (Lipinski definition) is 2. The molecule has 0 amide bonds. The zero-order chi connectivity index (χ0) is 8.27. The van der Waals surface area contributed by atoms with Crippen LogP contribution in [-0.2, 0) is 11.3 Å². The molecule has 0 spiro atoms. The molecule has 5 nitrogen and oxygen atoms in total. The highest BCUT2D eigenvalue weighted by Gasteiger charge is 2.17. The van der Waals surface area contributed by atoms with E-state index in [1.54, 1.807) is 7.05 Å². The predicted molar refractivity (Wildman–Crippen MR) is 43.0 cm³/mol. The minimum Gasteiger partial charge on any atom is -0.314 e. The average molecular weight is 179 g/mol. The molecule has 11 heavy (non-hydrogen) atoms. The summed E-state index contributed by atoms with van der Waals surface area (Å²) in [6.45, 7) is 3.34. The third-order valence-electron chi connectivity index (χ3n) is 1.72. The van der Waals surface area contributed by atoms with Crippen LogP contribution < -0.4 is 5.32 Å². The van der Waals surface area contributed by atoms with Crippen molar-refractivity contribution in [3.05, 3.63) is 0 Å². The van der Waals surface area contributed by atoms with E-state index in [9.17, 15) is 4.21 Å². The fourth-order valence-electron chi connectivity index (χ4n) is 1.03. The van der Waals surface area contributed by atoms with Crippen LogP contribution in [0.3, 0.4) is 0 Å². The lowest BCUT2D eigenvalue weighted by atomic mass is 10.4. The molecule has 1 fully saturated rings. The van der Waals surface area contributed by atoms with Crippen LogP contribution in [0.1, 0.15) is 0 Å². The normalized spacial score (nSPS) is 23.9. The molecule has 0 aromatic heterocycles. The Kier molecular flexibility index (Phi) is 3.41. The van der Waals surface area contributed by atoms with E-state index in [2.05, 4.69) is 5.32 Å². The monoisotopic (exact) mass is 179 g/mol. The quantitative estimate of drug-likeness (QED) is 0.527. The molecule has 2 N–H and O–H groups in total. The van der Waals surface area contributed by atoms with Crippen LogP contribution in [0.2, 0.25) is 0 Å². The summed E-state index contributed by atoms with van der Waals surface area (Å²) in [4.78, 5) is 0. The molecule has 1 atom stereocenters. The molecule has 1 saturated heterocycles. The predicted octanol–water partition coefficient (Wildman–Crippen LogP) is -1.12. The Labute approximate surface area is 68.7 Å². The molecule has 0 bridgehead atoms. The highest BCUT2D eigenvalue weighted by molar-refractivity contribution is 7.76. The molecule has 0 radical (unpaired) electrons. The van der Waals surface area contributed by atoms with Crippen LogP contribution in [-0.4, -0.2) is 51.4 Å². The minimum atomic E-state index is -1.88. The lowest BCUT2D eigenvalue weighted by molar-refractivity contribution is 0.0672. The molecule has 0 aliphatic carbocycles. The van der Waals surface area contributed by atoms with E-state index in [1.807, 2.05) is 5.01 Å². The molecular weight excluding hydrogens is 166 g/mol. The summed E-state index contributed by atoms with van der Waals surface area (Å²) in [5.74, 6) is 0. The first kappa shape index (κ1) is 9.08. The Morgan fingerprint density at radius 1 is 1.55 bits per heavy atom. The van der Waals surface area contributed by atoms with Crippen molar-refractivity contribution in [2.24, 2.45) is 0 Å². The maximum absolute atomic E-state index is 10.6. The molecule has 0 saturated carbocycles. The van der Waals surface area contributed by atoms with Gasteiger partial charge in [0.15, 0.2) is 0 Å². The largest absolute Gasteiger partial charge is 0.314 e. The lowest BCUT2D eigenvalue weighted by Gasteiger charge is -2.31. The zero-order valence-electron chi connectivity index (χ0n) is 6.49. The summed E-state index contributed by atoms with van der Waals surface area (Å²) in [6.07, 6.45) is 0. The van der Waals surface area contributed by atoms with Gasteiger partial charge in [0.25, 0.3) is 0 Å². The van der Waals surface area contributed by atoms with Gasteiger partial charge in [-0.1, -0.05) is 0 Å². The van der Waals surface area contributed by atoms with Crippen molar-refractivity contribution in [1.29, 1.82) is 0 Å². The average Bonchev–Trinajstić information content (AvgIpc) is 2.05. The van der Waals surface area contributed by atoms with Crippen LogP contribution in [0.15, 0.2) is 0 Å². The smallest absolute Gasteiger partial charge is 0.248 e. The van der Waals surface area contributed by atoms with E-state index in [0.29, 0.717) is 0 Å². The summed E-state index contributed by atoms with van der Waals surface area (Å²) in [5, 5.41) is 5.01. The molecule has 1 unspecified atom stereocenters. The lowest BCUT2D eigenvalue weighted by Crippen LogP contribution is -2.51. The Hall–Kier alpha value is -0.0100. The number of hydrogen-bond acceptors (Lipinski definition) is 3.